The predicted octanol–water partition coefficient (Wildman–Crippen LogP) is 4.55. The molecule has 3 rings (SSSR count). The van der Waals surface area contributed by atoms with Crippen LogP contribution in [-0.2, 0) is 9.53 Å². The van der Waals surface area contributed by atoms with E-state index in [9.17, 15) is 9.59 Å². The van der Waals surface area contributed by atoms with Crippen LogP contribution in [0.5, 0.6) is 5.75 Å². The molecule has 146 valence electrons. The maximum atomic E-state index is 12.4. The predicted molar refractivity (Wildman–Crippen MR) is 107 cm³/mol. The SMILES string of the molecule is CCOc1ccc2oc(C(=O)OCC(=O)Nc3c(C)cccc3C)c(C)c2c1. The summed E-state index contributed by atoms with van der Waals surface area (Å²) >= 11 is 0. The third-order valence-electron chi connectivity index (χ3n) is 4.48. The molecule has 1 heterocycles. The first-order valence-corrected chi connectivity index (χ1v) is 9.09. The van der Waals surface area contributed by atoms with Crippen LogP contribution in [0.15, 0.2) is 40.8 Å². The lowest BCUT2D eigenvalue weighted by Gasteiger charge is -2.11. The van der Waals surface area contributed by atoms with Gasteiger partial charge in [0.15, 0.2) is 6.61 Å². The highest BCUT2D eigenvalue weighted by Crippen LogP contribution is 2.29. The van der Waals surface area contributed by atoms with Gasteiger partial charge in [0.2, 0.25) is 5.76 Å². The molecule has 0 aliphatic heterocycles. The van der Waals surface area contributed by atoms with Crippen molar-refractivity contribution in [3.8, 4) is 5.75 Å². The van der Waals surface area contributed by atoms with Crippen LogP contribution in [0.1, 0.15) is 34.2 Å². The molecule has 0 aliphatic rings. The minimum Gasteiger partial charge on any atom is -0.494 e. The normalized spacial score (nSPS) is 10.7. The Labute approximate surface area is 163 Å². The number of furan rings is 1. The number of carbonyl (C=O) groups is 2. The van der Waals surface area contributed by atoms with E-state index in [1.54, 1.807) is 19.1 Å². The molecular weight excluding hydrogens is 358 g/mol. The van der Waals surface area contributed by atoms with Gasteiger partial charge in [0.05, 0.1) is 6.61 Å². The van der Waals surface area contributed by atoms with Crippen molar-refractivity contribution in [2.45, 2.75) is 27.7 Å². The Morgan fingerprint density at radius 2 is 1.79 bits per heavy atom. The summed E-state index contributed by atoms with van der Waals surface area (Å²) in [6.07, 6.45) is 0. The number of anilines is 1. The summed E-state index contributed by atoms with van der Waals surface area (Å²) in [5, 5.41) is 3.56. The smallest absolute Gasteiger partial charge is 0.375 e. The zero-order valence-corrected chi connectivity index (χ0v) is 16.4. The van der Waals surface area contributed by atoms with Gasteiger partial charge in [-0.05, 0) is 57.0 Å². The number of amides is 1. The van der Waals surface area contributed by atoms with Crippen LogP contribution in [0.4, 0.5) is 5.69 Å². The minimum atomic E-state index is -0.677. The molecule has 6 nitrogen and oxygen atoms in total. The van der Waals surface area contributed by atoms with E-state index in [1.165, 1.54) is 0 Å². The van der Waals surface area contributed by atoms with E-state index in [0.29, 0.717) is 23.5 Å². The number of esters is 1. The highest BCUT2D eigenvalue weighted by Gasteiger charge is 2.20. The molecule has 28 heavy (non-hydrogen) atoms. The largest absolute Gasteiger partial charge is 0.494 e. The van der Waals surface area contributed by atoms with Gasteiger partial charge in [-0.1, -0.05) is 18.2 Å². The Morgan fingerprint density at radius 1 is 1.07 bits per heavy atom. The first kappa shape index (κ1) is 19.5. The second-order valence-electron chi connectivity index (χ2n) is 6.54. The molecule has 0 aliphatic carbocycles. The number of benzene rings is 2. The quantitative estimate of drug-likeness (QED) is 0.634. The summed E-state index contributed by atoms with van der Waals surface area (Å²) < 4.78 is 16.3. The maximum Gasteiger partial charge on any atom is 0.375 e. The Morgan fingerprint density at radius 3 is 2.46 bits per heavy atom. The van der Waals surface area contributed by atoms with Crippen molar-refractivity contribution in [1.29, 1.82) is 0 Å². The van der Waals surface area contributed by atoms with E-state index in [0.717, 1.165) is 22.2 Å². The van der Waals surface area contributed by atoms with Crippen molar-refractivity contribution < 1.29 is 23.5 Å². The van der Waals surface area contributed by atoms with Crippen molar-refractivity contribution in [2.24, 2.45) is 0 Å². The monoisotopic (exact) mass is 381 g/mol. The molecule has 1 N–H and O–H groups in total. The van der Waals surface area contributed by atoms with Gasteiger partial charge in [-0.25, -0.2) is 4.79 Å². The molecule has 0 fully saturated rings. The van der Waals surface area contributed by atoms with Crippen LogP contribution in [-0.4, -0.2) is 25.1 Å². The Hall–Kier alpha value is -3.28. The fourth-order valence-corrected chi connectivity index (χ4v) is 3.03. The third-order valence-corrected chi connectivity index (χ3v) is 4.48. The number of ether oxygens (including phenoxy) is 2. The second-order valence-corrected chi connectivity index (χ2v) is 6.54. The number of aryl methyl sites for hydroxylation is 3. The standard InChI is InChI=1S/C22H23NO5/c1-5-26-16-9-10-18-17(11-16)15(4)21(28-18)22(25)27-12-19(24)23-20-13(2)7-6-8-14(20)3/h6-11H,5,12H2,1-4H3,(H,23,24). The maximum absolute atomic E-state index is 12.4. The van der Waals surface area contributed by atoms with Crippen molar-refractivity contribution in [3.63, 3.8) is 0 Å². The topological polar surface area (TPSA) is 77.8 Å². The average Bonchev–Trinajstić information content (AvgIpc) is 3.00. The number of hydrogen-bond acceptors (Lipinski definition) is 5. The van der Waals surface area contributed by atoms with Gasteiger partial charge in [-0.15, -0.1) is 0 Å². The first-order chi connectivity index (χ1) is 13.4. The summed E-state index contributed by atoms with van der Waals surface area (Å²) in [6, 6.07) is 11.1. The fraction of sp³-hybridized carbons (Fsp3) is 0.273. The molecule has 0 spiro atoms. The Bertz CT molecular complexity index is 1010. The molecule has 0 saturated carbocycles. The van der Waals surface area contributed by atoms with Crippen LogP contribution in [0, 0.1) is 20.8 Å². The van der Waals surface area contributed by atoms with E-state index in [2.05, 4.69) is 5.32 Å². The molecule has 1 amide bonds. The zero-order chi connectivity index (χ0) is 20.3. The lowest BCUT2D eigenvalue weighted by Crippen LogP contribution is -2.22. The van der Waals surface area contributed by atoms with Gasteiger partial charge < -0.3 is 19.2 Å². The summed E-state index contributed by atoms with van der Waals surface area (Å²) in [4.78, 5) is 24.6. The average molecular weight is 381 g/mol. The highest BCUT2D eigenvalue weighted by molar-refractivity contribution is 5.99. The number of nitrogens with one attached hydrogen (secondary N) is 1. The molecule has 3 aromatic rings. The minimum absolute atomic E-state index is 0.0866. The summed E-state index contributed by atoms with van der Waals surface area (Å²) in [7, 11) is 0. The summed E-state index contributed by atoms with van der Waals surface area (Å²) in [6.45, 7) is 7.64. The number of rotatable bonds is 6. The number of fused-ring (bicyclic) bond motifs is 1. The van der Waals surface area contributed by atoms with Crippen molar-refractivity contribution >= 4 is 28.5 Å². The lowest BCUT2D eigenvalue weighted by molar-refractivity contribution is -0.119. The van der Waals surface area contributed by atoms with Gasteiger partial charge in [-0.3, -0.25) is 4.79 Å². The summed E-state index contributed by atoms with van der Waals surface area (Å²) in [5.41, 5.74) is 3.83. The van der Waals surface area contributed by atoms with Crippen LogP contribution < -0.4 is 10.1 Å². The first-order valence-electron chi connectivity index (χ1n) is 9.09. The zero-order valence-electron chi connectivity index (χ0n) is 16.4. The van der Waals surface area contributed by atoms with E-state index in [4.69, 9.17) is 13.9 Å². The van der Waals surface area contributed by atoms with Gasteiger partial charge >= 0.3 is 5.97 Å². The molecule has 0 unspecified atom stereocenters. The fourth-order valence-electron chi connectivity index (χ4n) is 3.03. The van der Waals surface area contributed by atoms with Gasteiger partial charge in [0.25, 0.3) is 5.91 Å². The highest BCUT2D eigenvalue weighted by atomic mass is 16.5. The molecule has 6 heteroatoms. The van der Waals surface area contributed by atoms with Gasteiger partial charge in [0.1, 0.15) is 11.3 Å². The van der Waals surface area contributed by atoms with Crippen molar-refractivity contribution in [2.75, 3.05) is 18.5 Å². The Balaban J connectivity index is 1.69. The molecular formula is C22H23NO5. The molecule has 0 bridgehead atoms. The van der Waals surface area contributed by atoms with Crippen LogP contribution >= 0.6 is 0 Å². The van der Waals surface area contributed by atoms with Gasteiger partial charge in [-0.2, -0.15) is 0 Å². The van der Waals surface area contributed by atoms with Crippen molar-refractivity contribution in [1.82, 2.24) is 0 Å². The van der Waals surface area contributed by atoms with Crippen LogP contribution in [0.3, 0.4) is 0 Å². The Kier molecular flexibility index (Phi) is 5.68. The summed E-state index contributed by atoms with van der Waals surface area (Å²) in [5.74, 6) is -0.295. The van der Waals surface area contributed by atoms with E-state index in [-0.39, 0.29) is 5.76 Å². The third kappa shape index (κ3) is 4.01. The van der Waals surface area contributed by atoms with Crippen molar-refractivity contribution in [3.05, 3.63) is 58.8 Å². The second kappa shape index (κ2) is 8.17. The molecule has 1 aromatic heterocycles. The molecule has 0 saturated heterocycles. The number of hydrogen-bond donors (Lipinski definition) is 1. The molecule has 0 radical (unpaired) electrons. The molecule has 0 atom stereocenters. The van der Waals surface area contributed by atoms with Crippen LogP contribution in [0.25, 0.3) is 11.0 Å². The van der Waals surface area contributed by atoms with Gasteiger partial charge in [0, 0.05) is 16.6 Å². The van der Waals surface area contributed by atoms with E-state index < -0.39 is 18.5 Å². The number of carbonyl (C=O) groups excluding carboxylic acids is 2. The molecule has 2 aromatic carbocycles. The van der Waals surface area contributed by atoms with Crippen LogP contribution in [0.2, 0.25) is 0 Å². The van der Waals surface area contributed by atoms with E-state index in [1.807, 2.05) is 45.0 Å². The van der Waals surface area contributed by atoms with E-state index >= 15 is 0 Å². The number of para-hydroxylation sites is 1. The lowest BCUT2D eigenvalue weighted by atomic mass is 10.1.